The highest BCUT2D eigenvalue weighted by Gasteiger charge is 2.32. The fourth-order valence-electron chi connectivity index (χ4n) is 4.14. The molecule has 2 fully saturated rings. The van der Waals surface area contributed by atoms with E-state index in [-0.39, 0.29) is 17.7 Å². The van der Waals surface area contributed by atoms with Gasteiger partial charge in [0.2, 0.25) is 5.91 Å². The van der Waals surface area contributed by atoms with Crippen LogP contribution in [0.2, 0.25) is 0 Å². The molecule has 1 saturated heterocycles. The molecule has 0 atom stereocenters. The summed E-state index contributed by atoms with van der Waals surface area (Å²) in [7, 11) is 0. The second kappa shape index (κ2) is 7.55. The zero-order valence-corrected chi connectivity index (χ0v) is 15.7. The van der Waals surface area contributed by atoms with Crippen LogP contribution in [0.1, 0.15) is 41.8 Å². The third-order valence-electron chi connectivity index (χ3n) is 5.71. The Balaban J connectivity index is 1.46. The van der Waals surface area contributed by atoms with E-state index in [1.54, 1.807) is 6.92 Å². The van der Waals surface area contributed by atoms with Gasteiger partial charge in [0.1, 0.15) is 17.0 Å². The van der Waals surface area contributed by atoms with E-state index < -0.39 is 0 Å². The first-order valence-corrected chi connectivity index (χ1v) is 9.75. The number of hydrogen-bond acceptors (Lipinski definition) is 4. The minimum absolute atomic E-state index is 0.0689. The Morgan fingerprint density at radius 3 is 2.30 bits per heavy atom. The standard InChI is InChI=1S/C21H25N3O3/c1-15-18(19(22-27-15)16-7-3-2-4-8-16)21(26)24-13-11-23(12-14-24)20(25)17-9-5-6-10-17/h2-4,7-8,17H,5-6,9-14H2,1H3. The van der Waals surface area contributed by atoms with Crippen molar-refractivity contribution in [2.45, 2.75) is 32.6 Å². The van der Waals surface area contributed by atoms with Crippen LogP contribution in [0.5, 0.6) is 0 Å². The summed E-state index contributed by atoms with van der Waals surface area (Å²) < 4.78 is 5.33. The molecule has 0 bridgehead atoms. The van der Waals surface area contributed by atoms with E-state index in [0.717, 1.165) is 31.2 Å². The van der Waals surface area contributed by atoms with Crippen molar-refractivity contribution in [1.82, 2.24) is 15.0 Å². The monoisotopic (exact) mass is 367 g/mol. The molecule has 1 aliphatic heterocycles. The number of amides is 2. The van der Waals surface area contributed by atoms with Crippen LogP contribution in [0.4, 0.5) is 0 Å². The summed E-state index contributed by atoms with van der Waals surface area (Å²) >= 11 is 0. The van der Waals surface area contributed by atoms with Gasteiger partial charge in [0, 0.05) is 37.7 Å². The zero-order chi connectivity index (χ0) is 18.8. The lowest BCUT2D eigenvalue weighted by atomic mass is 10.0. The molecular weight excluding hydrogens is 342 g/mol. The van der Waals surface area contributed by atoms with Crippen LogP contribution in [0, 0.1) is 12.8 Å². The average Bonchev–Trinajstić information content (AvgIpc) is 3.38. The van der Waals surface area contributed by atoms with E-state index in [4.69, 9.17) is 4.52 Å². The largest absolute Gasteiger partial charge is 0.360 e. The molecule has 27 heavy (non-hydrogen) atoms. The van der Waals surface area contributed by atoms with Gasteiger partial charge < -0.3 is 14.3 Å². The van der Waals surface area contributed by atoms with Crippen molar-refractivity contribution in [3.8, 4) is 11.3 Å². The van der Waals surface area contributed by atoms with Gasteiger partial charge >= 0.3 is 0 Å². The summed E-state index contributed by atoms with van der Waals surface area (Å²) in [5.41, 5.74) is 1.98. The molecule has 6 nitrogen and oxygen atoms in total. The van der Waals surface area contributed by atoms with Gasteiger partial charge in [0.15, 0.2) is 0 Å². The highest BCUT2D eigenvalue weighted by Crippen LogP contribution is 2.28. The van der Waals surface area contributed by atoms with Crippen molar-refractivity contribution in [2.75, 3.05) is 26.2 Å². The molecule has 1 aliphatic carbocycles. The number of nitrogens with zero attached hydrogens (tertiary/aromatic N) is 3. The predicted molar refractivity (Wildman–Crippen MR) is 101 cm³/mol. The predicted octanol–water partition coefficient (Wildman–Crippen LogP) is 3.12. The Kier molecular flexibility index (Phi) is 4.97. The molecule has 0 spiro atoms. The minimum atomic E-state index is -0.0689. The van der Waals surface area contributed by atoms with E-state index in [1.807, 2.05) is 40.1 Å². The summed E-state index contributed by atoms with van der Waals surface area (Å²) in [5.74, 6) is 0.923. The molecule has 6 heteroatoms. The molecule has 2 aromatic rings. The summed E-state index contributed by atoms with van der Waals surface area (Å²) in [4.78, 5) is 29.5. The van der Waals surface area contributed by atoms with Crippen molar-refractivity contribution in [1.29, 1.82) is 0 Å². The zero-order valence-electron chi connectivity index (χ0n) is 15.7. The number of benzene rings is 1. The Morgan fingerprint density at radius 1 is 1.00 bits per heavy atom. The first-order valence-electron chi connectivity index (χ1n) is 9.75. The molecule has 1 aromatic heterocycles. The van der Waals surface area contributed by atoms with Crippen molar-refractivity contribution >= 4 is 11.8 Å². The summed E-state index contributed by atoms with van der Waals surface area (Å²) in [6.07, 6.45) is 4.34. The first kappa shape index (κ1) is 17.8. The number of hydrogen-bond donors (Lipinski definition) is 0. The van der Waals surface area contributed by atoms with Crippen LogP contribution in [0.3, 0.4) is 0 Å². The Morgan fingerprint density at radius 2 is 1.63 bits per heavy atom. The quantitative estimate of drug-likeness (QED) is 0.836. The topological polar surface area (TPSA) is 66.7 Å². The van der Waals surface area contributed by atoms with Gasteiger partial charge in [-0.15, -0.1) is 0 Å². The molecule has 0 radical (unpaired) electrons. The first-order chi connectivity index (χ1) is 13.1. The number of carbonyl (C=O) groups is 2. The van der Waals surface area contributed by atoms with E-state index in [0.29, 0.717) is 43.2 Å². The fraction of sp³-hybridized carbons (Fsp3) is 0.476. The smallest absolute Gasteiger partial charge is 0.259 e. The number of rotatable bonds is 3. The van der Waals surface area contributed by atoms with E-state index in [1.165, 1.54) is 0 Å². The van der Waals surface area contributed by atoms with Crippen LogP contribution in [0.25, 0.3) is 11.3 Å². The van der Waals surface area contributed by atoms with Gasteiger partial charge in [-0.2, -0.15) is 0 Å². The molecule has 0 N–H and O–H groups in total. The fourth-order valence-corrected chi connectivity index (χ4v) is 4.14. The maximum atomic E-state index is 13.1. The van der Waals surface area contributed by atoms with Gasteiger partial charge in [-0.25, -0.2) is 0 Å². The molecule has 0 unspecified atom stereocenters. The van der Waals surface area contributed by atoms with Crippen LogP contribution < -0.4 is 0 Å². The van der Waals surface area contributed by atoms with Crippen LogP contribution >= 0.6 is 0 Å². The summed E-state index contributed by atoms with van der Waals surface area (Å²) in [6.45, 7) is 4.08. The van der Waals surface area contributed by atoms with E-state index in [2.05, 4.69) is 5.16 Å². The lowest BCUT2D eigenvalue weighted by Crippen LogP contribution is -2.51. The van der Waals surface area contributed by atoms with Crippen LogP contribution in [-0.2, 0) is 4.79 Å². The highest BCUT2D eigenvalue weighted by atomic mass is 16.5. The molecule has 2 aliphatic rings. The second-order valence-corrected chi connectivity index (χ2v) is 7.43. The maximum Gasteiger partial charge on any atom is 0.259 e. The van der Waals surface area contributed by atoms with E-state index in [9.17, 15) is 9.59 Å². The molecule has 2 heterocycles. The van der Waals surface area contributed by atoms with Gasteiger partial charge in [-0.3, -0.25) is 9.59 Å². The number of aryl methyl sites for hydroxylation is 1. The van der Waals surface area contributed by atoms with Gasteiger partial charge in [-0.1, -0.05) is 48.3 Å². The van der Waals surface area contributed by atoms with Crippen molar-refractivity contribution in [3.05, 3.63) is 41.7 Å². The lowest BCUT2D eigenvalue weighted by Gasteiger charge is -2.36. The molecule has 1 saturated carbocycles. The Labute approximate surface area is 159 Å². The Hall–Kier alpha value is -2.63. The molecule has 4 rings (SSSR count). The van der Waals surface area contributed by atoms with Crippen LogP contribution in [-0.4, -0.2) is 52.9 Å². The molecule has 2 amide bonds. The number of aromatic nitrogens is 1. The third-order valence-corrected chi connectivity index (χ3v) is 5.71. The summed E-state index contributed by atoms with van der Waals surface area (Å²) in [6, 6.07) is 9.61. The highest BCUT2D eigenvalue weighted by molar-refractivity contribution is 6.01. The van der Waals surface area contributed by atoms with Gasteiger partial charge in [0.05, 0.1) is 0 Å². The van der Waals surface area contributed by atoms with Crippen molar-refractivity contribution in [2.24, 2.45) is 5.92 Å². The normalized spacial score (nSPS) is 18.1. The lowest BCUT2D eigenvalue weighted by molar-refractivity contribution is -0.136. The van der Waals surface area contributed by atoms with Crippen LogP contribution in [0.15, 0.2) is 34.9 Å². The maximum absolute atomic E-state index is 13.1. The van der Waals surface area contributed by atoms with Crippen molar-refractivity contribution < 1.29 is 14.1 Å². The average molecular weight is 367 g/mol. The second-order valence-electron chi connectivity index (χ2n) is 7.43. The third kappa shape index (κ3) is 3.48. The van der Waals surface area contributed by atoms with Crippen molar-refractivity contribution in [3.63, 3.8) is 0 Å². The van der Waals surface area contributed by atoms with Gasteiger partial charge in [-0.05, 0) is 19.8 Å². The Bertz CT molecular complexity index is 816. The number of piperazine rings is 1. The SMILES string of the molecule is Cc1onc(-c2ccccc2)c1C(=O)N1CCN(C(=O)C2CCCC2)CC1. The van der Waals surface area contributed by atoms with E-state index >= 15 is 0 Å². The van der Waals surface area contributed by atoms with Gasteiger partial charge in [0.25, 0.3) is 5.91 Å². The molecular formula is C21H25N3O3. The molecule has 1 aromatic carbocycles. The minimum Gasteiger partial charge on any atom is -0.360 e. The number of carbonyl (C=O) groups excluding carboxylic acids is 2. The summed E-state index contributed by atoms with van der Waals surface area (Å²) in [5, 5.41) is 4.11. The molecule has 142 valence electrons.